The van der Waals surface area contributed by atoms with Crippen molar-refractivity contribution in [3.63, 3.8) is 0 Å². The molecule has 0 fully saturated rings. The van der Waals surface area contributed by atoms with Gasteiger partial charge < -0.3 is 0 Å². The van der Waals surface area contributed by atoms with Crippen LogP contribution < -0.4 is 10.4 Å². The van der Waals surface area contributed by atoms with Crippen LogP contribution >= 0.6 is 10.7 Å². The molecule has 0 heterocycles. The zero-order valence-corrected chi connectivity index (χ0v) is 15.0. The molecule has 100 valence electrons. The summed E-state index contributed by atoms with van der Waals surface area (Å²) < 4.78 is 0. The summed E-state index contributed by atoms with van der Waals surface area (Å²) in [5.41, 5.74) is 0. The second kappa shape index (κ2) is 5.69. The molecule has 0 nitrogen and oxygen atoms in total. The van der Waals surface area contributed by atoms with E-state index in [1.807, 2.05) is 0 Å². The van der Waals surface area contributed by atoms with Gasteiger partial charge in [-0.2, -0.15) is 10.7 Å². The SMILES string of the molecule is C[Si](C)(S[Si](C)(C)c1ccccc1)c1ccccc1. The minimum atomic E-state index is -1.42. The van der Waals surface area contributed by atoms with Crippen LogP contribution in [0.25, 0.3) is 0 Å². The van der Waals surface area contributed by atoms with E-state index in [4.69, 9.17) is 0 Å². The lowest BCUT2D eigenvalue weighted by molar-refractivity contribution is 1.73. The monoisotopic (exact) mass is 302 g/mol. The Kier molecular flexibility index (Phi) is 4.38. The largest absolute Gasteiger partial charge is 0.196 e. The summed E-state index contributed by atoms with van der Waals surface area (Å²) in [6.45, 7) is 9.91. The van der Waals surface area contributed by atoms with Crippen LogP contribution in [0.1, 0.15) is 0 Å². The van der Waals surface area contributed by atoms with Crippen molar-refractivity contribution in [2.75, 3.05) is 0 Å². The Morgan fingerprint density at radius 3 is 1.21 bits per heavy atom. The van der Waals surface area contributed by atoms with Gasteiger partial charge in [-0.3, -0.25) is 0 Å². The van der Waals surface area contributed by atoms with Crippen LogP contribution in [0.15, 0.2) is 60.7 Å². The molecule has 2 aromatic rings. The fourth-order valence-electron chi connectivity index (χ4n) is 2.43. The van der Waals surface area contributed by atoms with E-state index >= 15 is 0 Å². The summed E-state index contributed by atoms with van der Waals surface area (Å²) >= 11 is 0. The van der Waals surface area contributed by atoms with Gasteiger partial charge in [0.25, 0.3) is 0 Å². The summed E-state index contributed by atoms with van der Waals surface area (Å²) in [5, 5.41) is 3.10. The van der Waals surface area contributed by atoms with Crippen LogP contribution in [-0.4, -0.2) is 14.4 Å². The van der Waals surface area contributed by atoms with E-state index in [-0.39, 0.29) is 0 Å². The molecule has 0 aromatic heterocycles. The first kappa shape index (κ1) is 14.6. The summed E-state index contributed by atoms with van der Waals surface area (Å²) in [4.78, 5) is 0. The molecule has 0 saturated carbocycles. The molecule has 0 radical (unpaired) electrons. The van der Waals surface area contributed by atoms with E-state index < -0.39 is 14.4 Å². The molecule has 0 N–H and O–H groups in total. The van der Waals surface area contributed by atoms with E-state index in [1.165, 1.54) is 0 Å². The summed E-state index contributed by atoms with van der Waals surface area (Å²) in [6.07, 6.45) is 0. The molecule has 0 atom stereocenters. The molecule has 3 heteroatoms. The van der Waals surface area contributed by atoms with E-state index in [0.717, 1.165) is 0 Å². The first-order chi connectivity index (χ1) is 8.92. The van der Waals surface area contributed by atoms with Crippen LogP contribution in [0, 0.1) is 0 Å². The summed E-state index contributed by atoms with van der Waals surface area (Å²) in [7, 11) is -0.550. The van der Waals surface area contributed by atoms with E-state index in [1.54, 1.807) is 10.4 Å². The quantitative estimate of drug-likeness (QED) is 0.771. The fraction of sp³-hybridized carbons (Fsp3) is 0.250. The molecular formula is C16H22SSi2. The molecular weight excluding hydrogens is 280 g/mol. The number of rotatable bonds is 4. The Morgan fingerprint density at radius 2 is 0.895 bits per heavy atom. The van der Waals surface area contributed by atoms with Gasteiger partial charge in [0.1, 0.15) is 14.4 Å². The van der Waals surface area contributed by atoms with Gasteiger partial charge in [-0.15, -0.1) is 0 Å². The number of hydrogen-bond acceptors (Lipinski definition) is 1. The predicted molar refractivity (Wildman–Crippen MR) is 94.7 cm³/mol. The smallest absolute Gasteiger partial charge is 0.135 e. The Morgan fingerprint density at radius 1 is 0.579 bits per heavy atom. The third-order valence-electron chi connectivity index (χ3n) is 3.45. The van der Waals surface area contributed by atoms with Crippen molar-refractivity contribution < 1.29 is 0 Å². The van der Waals surface area contributed by atoms with E-state index in [0.29, 0.717) is 0 Å². The van der Waals surface area contributed by atoms with Crippen molar-refractivity contribution in [1.29, 1.82) is 0 Å². The van der Waals surface area contributed by atoms with Gasteiger partial charge in [-0.1, -0.05) is 86.9 Å². The first-order valence-electron chi connectivity index (χ1n) is 6.73. The highest BCUT2D eigenvalue weighted by Gasteiger charge is 2.35. The average molecular weight is 303 g/mol. The van der Waals surface area contributed by atoms with E-state index in [2.05, 4.69) is 97.5 Å². The zero-order chi connectivity index (χ0) is 13.9. The minimum absolute atomic E-state index is 1.42. The van der Waals surface area contributed by atoms with E-state index in [9.17, 15) is 0 Å². The van der Waals surface area contributed by atoms with Crippen LogP contribution in [0.5, 0.6) is 0 Å². The summed E-state index contributed by atoms with van der Waals surface area (Å²) in [6, 6.07) is 22.1. The third-order valence-corrected chi connectivity index (χ3v) is 21.6. The van der Waals surface area contributed by atoms with Gasteiger partial charge >= 0.3 is 0 Å². The highest BCUT2D eigenvalue weighted by atomic mass is 32.5. The lowest BCUT2D eigenvalue weighted by Crippen LogP contribution is -2.49. The Labute approximate surface area is 122 Å². The van der Waals surface area contributed by atoms with Crippen molar-refractivity contribution in [1.82, 2.24) is 0 Å². The van der Waals surface area contributed by atoms with Crippen LogP contribution in [-0.2, 0) is 0 Å². The molecule has 0 saturated heterocycles. The normalized spacial score (nSPS) is 12.4. The van der Waals surface area contributed by atoms with Crippen LogP contribution in [0.4, 0.5) is 0 Å². The van der Waals surface area contributed by atoms with Gasteiger partial charge in [0.2, 0.25) is 0 Å². The van der Waals surface area contributed by atoms with Crippen molar-refractivity contribution in [3.8, 4) is 0 Å². The standard InChI is InChI=1S/C16H22SSi2/c1-18(2,15-11-7-5-8-12-15)17-19(3,4)16-13-9-6-10-14-16/h5-14H,1-4H3. The maximum Gasteiger partial charge on any atom is 0.135 e. The minimum Gasteiger partial charge on any atom is -0.196 e. The highest BCUT2D eigenvalue weighted by Crippen LogP contribution is 2.30. The average Bonchev–Trinajstić information content (AvgIpc) is 2.40. The molecule has 0 bridgehead atoms. The van der Waals surface area contributed by atoms with Crippen molar-refractivity contribution in [2.24, 2.45) is 0 Å². The van der Waals surface area contributed by atoms with Crippen molar-refractivity contribution in [2.45, 2.75) is 26.2 Å². The molecule has 0 spiro atoms. The molecule has 0 amide bonds. The van der Waals surface area contributed by atoms with Gasteiger partial charge in [-0.05, 0) is 10.4 Å². The molecule has 0 aliphatic heterocycles. The molecule has 2 aromatic carbocycles. The Bertz CT molecular complexity index is 471. The maximum atomic E-state index is 2.48. The first-order valence-corrected chi connectivity index (χ1v) is 15.0. The fourth-order valence-corrected chi connectivity index (χ4v) is 24.9. The summed E-state index contributed by atoms with van der Waals surface area (Å²) in [5.74, 6) is 0. The second-order valence-electron chi connectivity index (χ2n) is 5.85. The van der Waals surface area contributed by atoms with Gasteiger partial charge in [0.15, 0.2) is 0 Å². The van der Waals surface area contributed by atoms with Crippen molar-refractivity contribution in [3.05, 3.63) is 60.7 Å². The molecule has 0 unspecified atom stereocenters. The molecule has 2 rings (SSSR count). The lowest BCUT2D eigenvalue weighted by atomic mass is 10.4. The van der Waals surface area contributed by atoms with Crippen molar-refractivity contribution >= 4 is 35.5 Å². The topological polar surface area (TPSA) is 0 Å². The van der Waals surface area contributed by atoms with Gasteiger partial charge in [0, 0.05) is 0 Å². The highest BCUT2D eigenvalue weighted by molar-refractivity contribution is 8.51. The lowest BCUT2D eigenvalue weighted by Gasteiger charge is -2.32. The predicted octanol–water partition coefficient (Wildman–Crippen LogP) is 3.94. The second-order valence-corrected chi connectivity index (χ2v) is 21.8. The molecule has 19 heavy (non-hydrogen) atoms. The third kappa shape index (κ3) is 3.62. The number of hydrogen-bond donors (Lipinski definition) is 0. The Balaban J connectivity index is 2.25. The molecule has 0 aliphatic carbocycles. The zero-order valence-electron chi connectivity index (χ0n) is 12.2. The van der Waals surface area contributed by atoms with Crippen LogP contribution in [0.3, 0.4) is 0 Å². The molecule has 0 aliphatic rings. The van der Waals surface area contributed by atoms with Crippen LogP contribution in [0.2, 0.25) is 26.2 Å². The van der Waals surface area contributed by atoms with Gasteiger partial charge in [0.05, 0.1) is 0 Å². The van der Waals surface area contributed by atoms with Gasteiger partial charge in [-0.25, -0.2) is 0 Å². The maximum absolute atomic E-state index is 2.48. The number of benzene rings is 2. The Hall–Kier alpha value is -0.776.